The van der Waals surface area contributed by atoms with Crippen molar-refractivity contribution >= 4 is 35.1 Å². The van der Waals surface area contributed by atoms with E-state index in [-0.39, 0.29) is 18.4 Å². The molecule has 2 aromatic rings. The van der Waals surface area contributed by atoms with Crippen LogP contribution in [0.2, 0.25) is 5.02 Å². The second kappa shape index (κ2) is 10.3. The molecule has 0 saturated heterocycles. The second-order valence-corrected chi connectivity index (χ2v) is 8.18. The highest BCUT2D eigenvalue weighted by Crippen LogP contribution is 2.31. The van der Waals surface area contributed by atoms with Crippen LogP contribution in [-0.2, 0) is 16.1 Å². The topological polar surface area (TPSA) is 90.5 Å². The summed E-state index contributed by atoms with van der Waals surface area (Å²) in [4.78, 5) is 39.5. The fraction of sp³-hybridized carbons (Fsp3) is 0.348. The summed E-state index contributed by atoms with van der Waals surface area (Å²) in [6.45, 7) is 0.228. The Balaban J connectivity index is 1.58. The number of benzene rings is 2. The fourth-order valence-corrected chi connectivity index (χ4v) is 4.00. The minimum absolute atomic E-state index is 0.140. The first-order chi connectivity index (χ1) is 14.9. The maximum Gasteiger partial charge on any atom is 0.315 e. The van der Waals surface area contributed by atoms with Gasteiger partial charge in [-0.15, -0.1) is 0 Å². The predicted molar refractivity (Wildman–Crippen MR) is 121 cm³/mol. The third-order valence-electron chi connectivity index (χ3n) is 5.39. The SMILES string of the molecule is CN(CC(=O)Nc1ccccc1Cl)C(=O)C1(NC(=O)NCc2ccccc2)CCCC1. The molecule has 4 amide bonds. The van der Waals surface area contributed by atoms with E-state index in [1.165, 1.54) is 4.90 Å². The molecular formula is C23H27ClN4O3. The van der Waals surface area contributed by atoms with Crippen LogP contribution < -0.4 is 16.0 Å². The number of nitrogens with zero attached hydrogens (tertiary/aromatic N) is 1. The Morgan fingerprint density at radius 1 is 1.00 bits per heavy atom. The molecule has 0 unspecified atom stereocenters. The zero-order valence-electron chi connectivity index (χ0n) is 17.5. The van der Waals surface area contributed by atoms with E-state index >= 15 is 0 Å². The summed E-state index contributed by atoms with van der Waals surface area (Å²) in [5.41, 5.74) is 0.460. The van der Waals surface area contributed by atoms with Crippen molar-refractivity contribution < 1.29 is 14.4 Å². The number of hydrogen-bond acceptors (Lipinski definition) is 3. The molecule has 0 radical (unpaired) electrons. The Morgan fingerprint density at radius 3 is 2.32 bits per heavy atom. The molecule has 31 heavy (non-hydrogen) atoms. The van der Waals surface area contributed by atoms with Gasteiger partial charge in [0.1, 0.15) is 5.54 Å². The van der Waals surface area contributed by atoms with Crippen LogP contribution in [0.3, 0.4) is 0 Å². The Labute approximate surface area is 187 Å². The van der Waals surface area contributed by atoms with E-state index in [1.54, 1.807) is 31.3 Å². The van der Waals surface area contributed by atoms with Crippen LogP contribution >= 0.6 is 11.6 Å². The van der Waals surface area contributed by atoms with Gasteiger partial charge in [0.2, 0.25) is 11.8 Å². The van der Waals surface area contributed by atoms with E-state index in [4.69, 9.17) is 11.6 Å². The van der Waals surface area contributed by atoms with Crippen molar-refractivity contribution in [3.8, 4) is 0 Å². The summed E-state index contributed by atoms with van der Waals surface area (Å²) in [5.74, 6) is -0.625. The highest BCUT2D eigenvalue weighted by molar-refractivity contribution is 6.33. The lowest BCUT2D eigenvalue weighted by Gasteiger charge is -2.33. The van der Waals surface area contributed by atoms with Gasteiger partial charge in [-0.25, -0.2) is 4.79 Å². The minimum Gasteiger partial charge on any atom is -0.334 e. The number of carbonyl (C=O) groups excluding carboxylic acids is 3. The first kappa shape index (κ1) is 22.6. The van der Waals surface area contributed by atoms with Crippen molar-refractivity contribution in [2.45, 2.75) is 37.8 Å². The lowest BCUT2D eigenvalue weighted by molar-refractivity contribution is -0.138. The number of hydrogen-bond donors (Lipinski definition) is 3. The second-order valence-electron chi connectivity index (χ2n) is 7.77. The molecule has 0 bridgehead atoms. The predicted octanol–water partition coefficient (Wildman–Crippen LogP) is 3.55. The standard InChI is InChI=1S/C23H27ClN4O3/c1-28(16-20(29)26-19-12-6-5-11-18(19)24)21(30)23(13-7-8-14-23)27-22(31)25-15-17-9-3-2-4-10-17/h2-6,9-12H,7-8,13-16H2,1H3,(H,26,29)(H2,25,27,31). The molecule has 0 atom stereocenters. The molecule has 0 aromatic heterocycles. The van der Waals surface area contributed by atoms with Crippen LogP contribution in [0.25, 0.3) is 0 Å². The van der Waals surface area contributed by atoms with Crippen molar-refractivity contribution in [1.29, 1.82) is 0 Å². The Kier molecular flexibility index (Phi) is 7.52. The number of carbonyl (C=O) groups is 3. The number of nitrogens with one attached hydrogen (secondary N) is 3. The minimum atomic E-state index is -1.000. The van der Waals surface area contributed by atoms with Crippen LogP contribution in [0.5, 0.6) is 0 Å². The number of amides is 4. The normalized spacial score (nSPS) is 14.5. The van der Waals surface area contributed by atoms with Crippen molar-refractivity contribution in [2.75, 3.05) is 18.9 Å². The number of rotatable bonds is 7. The van der Waals surface area contributed by atoms with Crippen LogP contribution in [-0.4, -0.2) is 41.9 Å². The molecule has 7 nitrogen and oxygen atoms in total. The highest BCUT2D eigenvalue weighted by atomic mass is 35.5. The van der Waals surface area contributed by atoms with Gasteiger partial charge >= 0.3 is 6.03 Å². The molecule has 164 valence electrons. The maximum absolute atomic E-state index is 13.2. The number of halogens is 1. The average molecular weight is 443 g/mol. The monoisotopic (exact) mass is 442 g/mol. The zero-order valence-corrected chi connectivity index (χ0v) is 18.2. The van der Waals surface area contributed by atoms with Crippen molar-refractivity contribution in [3.63, 3.8) is 0 Å². The summed E-state index contributed by atoms with van der Waals surface area (Å²) in [5, 5.41) is 8.83. The molecule has 0 aliphatic heterocycles. The number of anilines is 1. The van der Waals surface area contributed by atoms with Crippen LogP contribution in [0, 0.1) is 0 Å². The first-order valence-corrected chi connectivity index (χ1v) is 10.7. The molecule has 3 rings (SSSR count). The van der Waals surface area contributed by atoms with Gasteiger partial charge < -0.3 is 20.9 Å². The van der Waals surface area contributed by atoms with E-state index in [9.17, 15) is 14.4 Å². The molecule has 2 aromatic carbocycles. The Bertz CT molecular complexity index is 929. The number of likely N-dealkylation sites (N-methyl/N-ethyl adjacent to an activating group) is 1. The van der Waals surface area contributed by atoms with E-state index in [2.05, 4.69) is 16.0 Å². The third kappa shape index (κ3) is 5.98. The summed E-state index contributed by atoms with van der Waals surface area (Å²) in [7, 11) is 1.57. The molecule has 1 aliphatic carbocycles. The third-order valence-corrected chi connectivity index (χ3v) is 5.72. The smallest absolute Gasteiger partial charge is 0.315 e. The lowest BCUT2D eigenvalue weighted by atomic mass is 9.95. The van der Waals surface area contributed by atoms with E-state index in [1.807, 2.05) is 30.3 Å². The van der Waals surface area contributed by atoms with Crippen molar-refractivity contribution in [3.05, 3.63) is 65.2 Å². The fourth-order valence-electron chi connectivity index (χ4n) is 3.82. The largest absolute Gasteiger partial charge is 0.334 e. The Morgan fingerprint density at radius 2 is 1.65 bits per heavy atom. The molecule has 3 N–H and O–H groups in total. The van der Waals surface area contributed by atoms with Gasteiger partial charge in [-0.3, -0.25) is 9.59 Å². The molecule has 1 aliphatic rings. The summed E-state index contributed by atoms with van der Waals surface area (Å²) in [6.07, 6.45) is 2.76. The molecule has 1 fully saturated rings. The van der Waals surface area contributed by atoms with Gasteiger partial charge in [0.15, 0.2) is 0 Å². The van der Waals surface area contributed by atoms with Crippen molar-refractivity contribution in [2.24, 2.45) is 0 Å². The molecule has 0 spiro atoms. The van der Waals surface area contributed by atoms with E-state index in [0.717, 1.165) is 18.4 Å². The average Bonchev–Trinajstić information content (AvgIpc) is 3.23. The van der Waals surface area contributed by atoms with Crippen LogP contribution in [0.4, 0.5) is 10.5 Å². The highest BCUT2D eigenvalue weighted by Gasteiger charge is 2.44. The zero-order chi connectivity index (χ0) is 22.3. The van der Waals surface area contributed by atoms with Crippen LogP contribution in [0.15, 0.2) is 54.6 Å². The number of urea groups is 1. The molecule has 1 saturated carbocycles. The summed E-state index contributed by atoms with van der Waals surface area (Å²) < 4.78 is 0. The molecule has 8 heteroatoms. The summed E-state index contributed by atoms with van der Waals surface area (Å²) >= 11 is 6.07. The van der Waals surface area contributed by atoms with Crippen molar-refractivity contribution in [1.82, 2.24) is 15.5 Å². The van der Waals surface area contributed by atoms with Gasteiger partial charge in [0.05, 0.1) is 17.3 Å². The summed E-state index contributed by atoms with van der Waals surface area (Å²) in [6, 6.07) is 16.1. The first-order valence-electron chi connectivity index (χ1n) is 10.3. The maximum atomic E-state index is 13.2. The van der Waals surface area contributed by atoms with Gasteiger partial charge in [0, 0.05) is 13.6 Å². The quantitative estimate of drug-likeness (QED) is 0.612. The molecular weight excluding hydrogens is 416 g/mol. The van der Waals surface area contributed by atoms with E-state index in [0.29, 0.717) is 30.1 Å². The lowest BCUT2D eigenvalue weighted by Crippen LogP contribution is -2.60. The van der Waals surface area contributed by atoms with Gasteiger partial charge in [-0.2, -0.15) is 0 Å². The van der Waals surface area contributed by atoms with E-state index < -0.39 is 11.6 Å². The van der Waals surface area contributed by atoms with Gasteiger partial charge in [-0.05, 0) is 30.5 Å². The van der Waals surface area contributed by atoms with Crippen LogP contribution in [0.1, 0.15) is 31.2 Å². The Hall–Kier alpha value is -3.06. The van der Waals surface area contributed by atoms with Gasteiger partial charge in [0.25, 0.3) is 0 Å². The molecule has 0 heterocycles. The van der Waals surface area contributed by atoms with Gasteiger partial charge in [-0.1, -0.05) is 66.9 Å². The number of para-hydroxylation sites is 1.